The van der Waals surface area contributed by atoms with Gasteiger partial charge in [0, 0.05) is 49.8 Å². The number of carbonyl (C=O) groups is 2. The van der Waals surface area contributed by atoms with Crippen LogP contribution in [0.15, 0.2) is 48.7 Å². The number of rotatable bonds is 6. The minimum atomic E-state index is -0.166. The SMILES string of the molecule is Cc1cccc(C2CC(C(=O)NCCc3ccccn3)CN(C(=O)C3CC3)C2)c1. The molecule has 2 fully saturated rings. The number of piperidine rings is 1. The summed E-state index contributed by atoms with van der Waals surface area (Å²) < 4.78 is 0. The van der Waals surface area contributed by atoms with E-state index in [-0.39, 0.29) is 29.6 Å². The number of amides is 2. The van der Waals surface area contributed by atoms with Gasteiger partial charge in [-0.05, 0) is 43.9 Å². The molecule has 1 saturated carbocycles. The van der Waals surface area contributed by atoms with Crippen LogP contribution in [0.2, 0.25) is 0 Å². The smallest absolute Gasteiger partial charge is 0.225 e. The summed E-state index contributed by atoms with van der Waals surface area (Å²) >= 11 is 0. The average molecular weight is 392 g/mol. The number of aryl methyl sites for hydroxylation is 1. The molecule has 2 atom stereocenters. The fourth-order valence-electron chi connectivity index (χ4n) is 4.23. The van der Waals surface area contributed by atoms with Gasteiger partial charge in [-0.25, -0.2) is 0 Å². The van der Waals surface area contributed by atoms with E-state index in [4.69, 9.17) is 0 Å². The first kappa shape index (κ1) is 19.6. The fraction of sp³-hybridized carbons (Fsp3) is 0.458. The number of hydrogen-bond acceptors (Lipinski definition) is 3. The summed E-state index contributed by atoms with van der Waals surface area (Å²) in [6.07, 6.45) is 5.25. The summed E-state index contributed by atoms with van der Waals surface area (Å²) in [5, 5.41) is 3.07. The zero-order valence-electron chi connectivity index (χ0n) is 17.0. The number of carbonyl (C=O) groups excluding carboxylic acids is 2. The van der Waals surface area contributed by atoms with E-state index >= 15 is 0 Å². The molecule has 2 heterocycles. The number of pyridine rings is 1. The summed E-state index contributed by atoms with van der Waals surface area (Å²) in [7, 11) is 0. The lowest BCUT2D eigenvalue weighted by molar-refractivity contribution is -0.137. The van der Waals surface area contributed by atoms with Gasteiger partial charge in [0.15, 0.2) is 0 Å². The highest BCUT2D eigenvalue weighted by Gasteiger charge is 2.39. The molecule has 29 heavy (non-hydrogen) atoms. The third-order valence-electron chi connectivity index (χ3n) is 5.98. The lowest BCUT2D eigenvalue weighted by Crippen LogP contribution is -2.48. The predicted octanol–water partition coefficient (Wildman–Crippen LogP) is 3.09. The molecule has 5 nitrogen and oxygen atoms in total. The van der Waals surface area contributed by atoms with Crippen LogP contribution in [0.25, 0.3) is 0 Å². The Morgan fingerprint density at radius 3 is 2.69 bits per heavy atom. The molecule has 1 aliphatic carbocycles. The molecule has 4 rings (SSSR count). The molecule has 1 N–H and O–H groups in total. The summed E-state index contributed by atoms with van der Waals surface area (Å²) in [6.45, 7) is 3.91. The molecule has 2 aromatic rings. The van der Waals surface area contributed by atoms with Crippen molar-refractivity contribution in [3.63, 3.8) is 0 Å². The standard InChI is InChI=1S/C24H29N3O2/c1-17-5-4-6-19(13-17)20-14-21(16-27(15-20)24(29)18-8-9-18)23(28)26-12-10-22-7-2-3-11-25-22/h2-7,11,13,18,20-21H,8-10,12,14-16H2,1H3,(H,26,28). The quantitative estimate of drug-likeness (QED) is 0.823. The molecule has 1 aromatic heterocycles. The van der Waals surface area contributed by atoms with Gasteiger partial charge in [-0.1, -0.05) is 35.9 Å². The minimum absolute atomic E-state index is 0.0480. The van der Waals surface area contributed by atoms with Crippen molar-refractivity contribution in [2.24, 2.45) is 11.8 Å². The molecule has 5 heteroatoms. The molecule has 2 unspecified atom stereocenters. The first-order valence-electron chi connectivity index (χ1n) is 10.6. The van der Waals surface area contributed by atoms with E-state index in [9.17, 15) is 9.59 Å². The van der Waals surface area contributed by atoms with Gasteiger partial charge in [-0.15, -0.1) is 0 Å². The van der Waals surface area contributed by atoms with Crippen molar-refractivity contribution in [3.05, 3.63) is 65.5 Å². The van der Waals surface area contributed by atoms with Crippen LogP contribution in [-0.2, 0) is 16.0 Å². The Morgan fingerprint density at radius 2 is 1.97 bits per heavy atom. The van der Waals surface area contributed by atoms with Crippen molar-refractivity contribution in [1.29, 1.82) is 0 Å². The Morgan fingerprint density at radius 1 is 1.10 bits per heavy atom. The van der Waals surface area contributed by atoms with Crippen LogP contribution in [-0.4, -0.2) is 41.3 Å². The first-order valence-corrected chi connectivity index (χ1v) is 10.6. The predicted molar refractivity (Wildman–Crippen MR) is 112 cm³/mol. The highest BCUT2D eigenvalue weighted by atomic mass is 16.2. The molecule has 0 radical (unpaired) electrons. The van der Waals surface area contributed by atoms with Crippen LogP contribution in [0.4, 0.5) is 0 Å². The van der Waals surface area contributed by atoms with Gasteiger partial charge in [0.05, 0.1) is 5.92 Å². The van der Waals surface area contributed by atoms with Crippen LogP contribution >= 0.6 is 0 Å². The Labute approximate surface area is 172 Å². The van der Waals surface area contributed by atoms with Gasteiger partial charge < -0.3 is 10.2 Å². The minimum Gasteiger partial charge on any atom is -0.355 e. The topological polar surface area (TPSA) is 62.3 Å². The Balaban J connectivity index is 1.42. The lowest BCUT2D eigenvalue weighted by Gasteiger charge is -2.37. The van der Waals surface area contributed by atoms with Crippen LogP contribution < -0.4 is 5.32 Å². The molecule has 2 amide bonds. The highest BCUT2D eigenvalue weighted by molar-refractivity contribution is 5.83. The van der Waals surface area contributed by atoms with Crippen molar-refractivity contribution in [1.82, 2.24) is 15.2 Å². The second-order valence-electron chi connectivity index (χ2n) is 8.42. The van der Waals surface area contributed by atoms with Crippen LogP contribution in [0, 0.1) is 18.8 Å². The second kappa shape index (κ2) is 8.76. The second-order valence-corrected chi connectivity index (χ2v) is 8.42. The Kier molecular flexibility index (Phi) is 5.93. The maximum atomic E-state index is 12.9. The lowest BCUT2D eigenvalue weighted by atomic mass is 9.83. The van der Waals surface area contributed by atoms with E-state index in [1.54, 1.807) is 6.20 Å². The normalized spacial score (nSPS) is 21.6. The summed E-state index contributed by atoms with van der Waals surface area (Å²) in [6, 6.07) is 14.3. The highest BCUT2D eigenvalue weighted by Crippen LogP contribution is 2.36. The monoisotopic (exact) mass is 391 g/mol. The van der Waals surface area contributed by atoms with Crippen molar-refractivity contribution in [3.8, 4) is 0 Å². The Bertz CT molecular complexity index is 863. The maximum Gasteiger partial charge on any atom is 0.225 e. The van der Waals surface area contributed by atoms with E-state index in [0.717, 1.165) is 31.5 Å². The number of likely N-dealkylation sites (tertiary alicyclic amines) is 1. The van der Waals surface area contributed by atoms with E-state index in [2.05, 4.69) is 41.5 Å². The number of hydrogen-bond donors (Lipinski definition) is 1. The van der Waals surface area contributed by atoms with Gasteiger partial charge >= 0.3 is 0 Å². The zero-order chi connectivity index (χ0) is 20.2. The summed E-state index contributed by atoms with van der Waals surface area (Å²) in [5.74, 6) is 0.498. The van der Waals surface area contributed by atoms with Gasteiger partial charge in [0.25, 0.3) is 0 Å². The summed E-state index contributed by atoms with van der Waals surface area (Å²) in [4.78, 5) is 31.9. The molecule has 1 aliphatic heterocycles. The maximum absolute atomic E-state index is 12.9. The van der Waals surface area contributed by atoms with E-state index in [1.807, 2.05) is 23.1 Å². The van der Waals surface area contributed by atoms with Gasteiger partial charge in [0.2, 0.25) is 11.8 Å². The van der Waals surface area contributed by atoms with Crippen molar-refractivity contribution >= 4 is 11.8 Å². The van der Waals surface area contributed by atoms with Crippen LogP contribution in [0.3, 0.4) is 0 Å². The van der Waals surface area contributed by atoms with Gasteiger partial charge in [-0.2, -0.15) is 0 Å². The molecule has 2 aliphatic rings. The van der Waals surface area contributed by atoms with Gasteiger partial charge in [-0.3, -0.25) is 14.6 Å². The third kappa shape index (κ3) is 5.03. The van der Waals surface area contributed by atoms with Crippen LogP contribution in [0.5, 0.6) is 0 Å². The summed E-state index contributed by atoms with van der Waals surface area (Å²) in [5.41, 5.74) is 3.41. The molecule has 0 bridgehead atoms. The van der Waals surface area contributed by atoms with Crippen molar-refractivity contribution in [2.45, 2.75) is 38.5 Å². The average Bonchev–Trinajstić information content (AvgIpc) is 3.59. The van der Waals surface area contributed by atoms with Crippen LogP contribution in [0.1, 0.15) is 42.0 Å². The number of nitrogens with one attached hydrogen (secondary N) is 1. The van der Waals surface area contributed by atoms with Gasteiger partial charge in [0.1, 0.15) is 0 Å². The first-order chi connectivity index (χ1) is 14.1. The zero-order valence-corrected chi connectivity index (χ0v) is 17.0. The molecule has 0 spiro atoms. The van der Waals surface area contributed by atoms with E-state index in [0.29, 0.717) is 19.5 Å². The van der Waals surface area contributed by atoms with Crippen molar-refractivity contribution in [2.75, 3.05) is 19.6 Å². The number of aromatic nitrogens is 1. The van der Waals surface area contributed by atoms with E-state index in [1.165, 1.54) is 11.1 Å². The van der Waals surface area contributed by atoms with E-state index < -0.39 is 0 Å². The third-order valence-corrected chi connectivity index (χ3v) is 5.98. The molecular formula is C24H29N3O2. The number of benzene rings is 1. The largest absolute Gasteiger partial charge is 0.355 e. The Hall–Kier alpha value is -2.69. The fourth-order valence-corrected chi connectivity index (χ4v) is 4.23. The molecule has 1 saturated heterocycles. The molecule has 1 aromatic carbocycles. The molecule has 152 valence electrons. The molecular weight excluding hydrogens is 362 g/mol. The van der Waals surface area contributed by atoms with Crippen molar-refractivity contribution < 1.29 is 9.59 Å². The number of nitrogens with zero attached hydrogens (tertiary/aromatic N) is 2.